The minimum absolute atomic E-state index is 0.276. The van der Waals surface area contributed by atoms with E-state index >= 15 is 0 Å². The lowest BCUT2D eigenvalue weighted by atomic mass is 10.1. The summed E-state index contributed by atoms with van der Waals surface area (Å²) >= 11 is 1.19. The molecule has 0 aliphatic carbocycles. The summed E-state index contributed by atoms with van der Waals surface area (Å²) in [5.41, 5.74) is 3.83. The maximum Gasteiger partial charge on any atom is 0.346 e. The molecule has 30 heavy (non-hydrogen) atoms. The number of aromatic nitrogens is 2. The molecule has 0 spiro atoms. The van der Waals surface area contributed by atoms with Crippen LogP contribution >= 0.6 is 11.3 Å². The van der Waals surface area contributed by atoms with E-state index in [2.05, 4.69) is 15.3 Å². The highest BCUT2D eigenvalue weighted by atomic mass is 32.1. The van der Waals surface area contributed by atoms with Crippen molar-refractivity contribution in [2.75, 3.05) is 11.9 Å². The molecule has 0 unspecified atom stereocenters. The predicted octanol–water partition coefficient (Wildman–Crippen LogP) is 5.37. The number of carboxylic acid groups (broad SMARTS) is 1. The van der Waals surface area contributed by atoms with Gasteiger partial charge in [-0.1, -0.05) is 0 Å². The maximum atomic E-state index is 13.8. The van der Waals surface area contributed by atoms with Crippen LogP contribution in [0.1, 0.15) is 32.1 Å². The lowest BCUT2D eigenvalue weighted by Crippen LogP contribution is -2.07. The zero-order valence-electron chi connectivity index (χ0n) is 16.7. The second kappa shape index (κ2) is 7.87. The van der Waals surface area contributed by atoms with Gasteiger partial charge in [0.1, 0.15) is 34.2 Å². The first kappa shape index (κ1) is 20.0. The Morgan fingerprint density at radius 3 is 2.70 bits per heavy atom. The molecule has 4 aromatic rings. The number of rotatable bonds is 6. The van der Waals surface area contributed by atoms with Crippen molar-refractivity contribution in [3.8, 4) is 10.6 Å². The highest BCUT2D eigenvalue weighted by Gasteiger charge is 2.16. The summed E-state index contributed by atoms with van der Waals surface area (Å²) in [5.74, 6) is 0.197. The van der Waals surface area contributed by atoms with Crippen molar-refractivity contribution < 1.29 is 18.7 Å². The Bertz CT molecular complexity index is 1260. The first-order valence-corrected chi connectivity index (χ1v) is 10.2. The lowest BCUT2D eigenvalue weighted by molar-refractivity contribution is 0.0701. The quantitative estimate of drug-likeness (QED) is 0.432. The van der Waals surface area contributed by atoms with E-state index in [0.29, 0.717) is 34.9 Å². The molecule has 1 aromatic carbocycles. The molecule has 3 aromatic heterocycles. The van der Waals surface area contributed by atoms with E-state index < -0.39 is 5.97 Å². The van der Waals surface area contributed by atoms with Crippen LogP contribution < -0.4 is 5.32 Å². The summed E-state index contributed by atoms with van der Waals surface area (Å²) in [6.07, 6.45) is 2.09. The SMILES string of the molecule is Cc1cc(-c2cc(NCCc3c(C)oc4c(C)cc(F)cc34)ncn2)sc1C(=O)O. The van der Waals surface area contributed by atoms with E-state index in [-0.39, 0.29) is 5.82 Å². The van der Waals surface area contributed by atoms with Gasteiger partial charge in [-0.15, -0.1) is 11.3 Å². The van der Waals surface area contributed by atoms with Gasteiger partial charge in [-0.05, 0) is 56.5 Å². The normalized spacial score (nSPS) is 11.2. The molecule has 0 saturated heterocycles. The summed E-state index contributed by atoms with van der Waals surface area (Å²) < 4.78 is 19.7. The van der Waals surface area contributed by atoms with Crippen molar-refractivity contribution in [2.45, 2.75) is 27.2 Å². The maximum absolute atomic E-state index is 13.8. The molecule has 8 heteroatoms. The van der Waals surface area contributed by atoms with Crippen molar-refractivity contribution in [3.63, 3.8) is 0 Å². The number of furan rings is 1. The van der Waals surface area contributed by atoms with Crippen molar-refractivity contribution in [1.82, 2.24) is 9.97 Å². The van der Waals surface area contributed by atoms with Crippen LogP contribution in [0.3, 0.4) is 0 Å². The Hall–Kier alpha value is -3.26. The number of hydrogen-bond donors (Lipinski definition) is 2. The number of benzene rings is 1. The van der Waals surface area contributed by atoms with E-state index in [4.69, 9.17) is 4.42 Å². The number of thiophene rings is 1. The Morgan fingerprint density at radius 1 is 1.17 bits per heavy atom. The van der Waals surface area contributed by atoms with E-state index in [0.717, 1.165) is 32.7 Å². The Balaban J connectivity index is 1.51. The summed E-state index contributed by atoms with van der Waals surface area (Å²) in [4.78, 5) is 20.9. The fourth-order valence-electron chi connectivity index (χ4n) is 3.53. The molecule has 0 bridgehead atoms. The molecule has 0 atom stereocenters. The molecular formula is C22H20FN3O3S. The second-order valence-electron chi connectivity index (χ2n) is 7.13. The van der Waals surface area contributed by atoms with E-state index in [1.807, 2.05) is 19.9 Å². The zero-order chi connectivity index (χ0) is 21.4. The molecule has 0 aliphatic rings. The molecule has 0 saturated carbocycles. The third kappa shape index (κ3) is 3.78. The summed E-state index contributed by atoms with van der Waals surface area (Å²) in [5, 5.41) is 13.3. The Morgan fingerprint density at radius 2 is 1.97 bits per heavy atom. The van der Waals surface area contributed by atoms with Gasteiger partial charge in [-0.3, -0.25) is 0 Å². The van der Waals surface area contributed by atoms with Gasteiger partial charge in [0.05, 0.1) is 10.6 Å². The van der Waals surface area contributed by atoms with Gasteiger partial charge in [-0.25, -0.2) is 19.2 Å². The molecule has 0 radical (unpaired) electrons. The van der Waals surface area contributed by atoms with Crippen molar-refractivity contribution in [1.29, 1.82) is 0 Å². The van der Waals surface area contributed by atoms with Crippen LogP contribution in [0.15, 0.2) is 35.0 Å². The van der Waals surface area contributed by atoms with Crippen LogP contribution in [-0.2, 0) is 6.42 Å². The average Bonchev–Trinajstić information content (AvgIpc) is 3.23. The first-order valence-electron chi connectivity index (χ1n) is 9.41. The van der Waals surface area contributed by atoms with Crippen molar-refractivity contribution in [3.05, 3.63) is 63.7 Å². The largest absolute Gasteiger partial charge is 0.477 e. The lowest BCUT2D eigenvalue weighted by Gasteiger charge is -2.06. The summed E-state index contributed by atoms with van der Waals surface area (Å²) in [7, 11) is 0. The van der Waals surface area contributed by atoms with Gasteiger partial charge in [0.15, 0.2) is 0 Å². The van der Waals surface area contributed by atoms with Gasteiger partial charge in [0, 0.05) is 23.6 Å². The van der Waals surface area contributed by atoms with E-state index in [1.54, 1.807) is 13.0 Å². The summed E-state index contributed by atoms with van der Waals surface area (Å²) in [6, 6.07) is 6.59. The molecule has 3 heterocycles. The molecule has 154 valence electrons. The fraction of sp³-hybridized carbons (Fsp3) is 0.227. The van der Waals surface area contributed by atoms with Crippen molar-refractivity contribution >= 4 is 34.1 Å². The topological polar surface area (TPSA) is 88.3 Å². The number of nitrogens with zero attached hydrogens (tertiary/aromatic N) is 2. The predicted molar refractivity (Wildman–Crippen MR) is 115 cm³/mol. The van der Waals surface area contributed by atoms with Gasteiger partial charge in [0.2, 0.25) is 0 Å². The Labute approximate surface area is 176 Å². The molecule has 4 rings (SSSR count). The molecule has 0 fully saturated rings. The fourth-order valence-corrected chi connectivity index (χ4v) is 4.51. The number of aryl methyl sites for hydroxylation is 3. The smallest absolute Gasteiger partial charge is 0.346 e. The number of hydrogen-bond acceptors (Lipinski definition) is 6. The number of aromatic carboxylic acids is 1. The molecule has 0 amide bonds. The van der Waals surface area contributed by atoms with Crippen LogP contribution in [-0.4, -0.2) is 27.6 Å². The third-order valence-electron chi connectivity index (χ3n) is 4.96. The highest BCUT2D eigenvalue weighted by molar-refractivity contribution is 7.17. The number of fused-ring (bicyclic) bond motifs is 1. The monoisotopic (exact) mass is 425 g/mol. The number of anilines is 1. The van der Waals surface area contributed by atoms with Gasteiger partial charge in [-0.2, -0.15) is 0 Å². The minimum Gasteiger partial charge on any atom is -0.477 e. The number of nitrogens with one attached hydrogen (secondary N) is 1. The number of halogens is 1. The molecular weight excluding hydrogens is 405 g/mol. The molecule has 6 nitrogen and oxygen atoms in total. The third-order valence-corrected chi connectivity index (χ3v) is 6.20. The van der Waals surface area contributed by atoms with Crippen LogP contribution in [0, 0.1) is 26.6 Å². The minimum atomic E-state index is -0.939. The number of carboxylic acids is 1. The van der Waals surface area contributed by atoms with Gasteiger partial charge >= 0.3 is 5.97 Å². The van der Waals surface area contributed by atoms with Crippen LogP contribution in [0.5, 0.6) is 0 Å². The van der Waals surface area contributed by atoms with Crippen molar-refractivity contribution in [2.24, 2.45) is 0 Å². The van der Waals surface area contributed by atoms with Gasteiger partial charge < -0.3 is 14.8 Å². The highest BCUT2D eigenvalue weighted by Crippen LogP contribution is 2.31. The summed E-state index contributed by atoms with van der Waals surface area (Å²) in [6.45, 7) is 6.06. The van der Waals surface area contributed by atoms with E-state index in [9.17, 15) is 14.3 Å². The molecule has 0 aliphatic heterocycles. The standard InChI is InChI=1S/C22H20FN3O3S/c1-11-6-14(23)8-16-15(13(3)29-20(11)16)4-5-24-19-9-17(25-10-26-19)18-7-12(2)21(30-18)22(27)28/h6-10H,4-5H2,1-3H3,(H,27,28)(H,24,25,26). The Kier molecular flexibility index (Phi) is 5.26. The zero-order valence-corrected chi connectivity index (χ0v) is 17.6. The molecule has 2 N–H and O–H groups in total. The van der Waals surface area contributed by atoms with E-state index in [1.165, 1.54) is 29.8 Å². The van der Waals surface area contributed by atoms with Crippen LogP contribution in [0.25, 0.3) is 21.5 Å². The van der Waals surface area contributed by atoms with Crippen LogP contribution in [0.4, 0.5) is 10.2 Å². The number of carbonyl (C=O) groups is 1. The van der Waals surface area contributed by atoms with Crippen LogP contribution in [0.2, 0.25) is 0 Å². The average molecular weight is 425 g/mol. The first-order chi connectivity index (χ1) is 14.3. The van der Waals surface area contributed by atoms with Gasteiger partial charge in [0.25, 0.3) is 0 Å². The second-order valence-corrected chi connectivity index (χ2v) is 8.18.